The number of aromatic nitrogens is 2. The molecule has 0 bridgehead atoms. The summed E-state index contributed by atoms with van der Waals surface area (Å²) in [6.45, 7) is 4.56. The number of aryl methyl sites for hydroxylation is 1. The van der Waals surface area contributed by atoms with Gasteiger partial charge < -0.3 is 15.4 Å². The summed E-state index contributed by atoms with van der Waals surface area (Å²) in [4.78, 5) is 0. The molecule has 27 heavy (non-hydrogen) atoms. The maximum absolute atomic E-state index is 6.27. The molecule has 0 aliphatic carbocycles. The molecule has 5 nitrogen and oxygen atoms in total. The standard InChI is InChI=1S/C20H21ClN4OS/c1-13-19(23-20(27)22-16-8-6-9-17(11-16)26-3)14(2)25(24-13)12-15-7-4-5-10-18(15)21/h4-11H,12H2,1-3H3,(H2,22,23,27). The monoisotopic (exact) mass is 400 g/mol. The molecule has 3 rings (SSSR count). The van der Waals surface area contributed by atoms with Crippen LogP contribution in [0.3, 0.4) is 0 Å². The highest BCUT2D eigenvalue weighted by molar-refractivity contribution is 7.80. The van der Waals surface area contributed by atoms with Crippen LogP contribution in [0, 0.1) is 13.8 Å². The van der Waals surface area contributed by atoms with Crippen LogP contribution in [0.2, 0.25) is 5.02 Å². The van der Waals surface area contributed by atoms with Gasteiger partial charge in [-0.25, -0.2) is 0 Å². The zero-order chi connectivity index (χ0) is 19.4. The predicted octanol–water partition coefficient (Wildman–Crippen LogP) is 5.02. The number of hydrogen-bond acceptors (Lipinski definition) is 3. The minimum Gasteiger partial charge on any atom is -0.497 e. The van der Waals surface area contributed by atoms with Crippen molar-refractivity contribution >= 4 is 40.3 Å². The lowest BCUT2D eigenvalue weighted by atomic mass is 10.2. The Hall–Kier alpha value is -2.57. The van der Waals surface area contributed by atoms with E-state index in [0.717, 1.165) is 39.1 Å². The van der Waals surface area contributed by atoms with E-state index in [9.17, 15) is 0 Å². The normalized spacial score (nSPS) is 10.5. The fourth-order valence-electron chi connectivity index (χ4n) is 2.80. The zero-order valence-electron chi connectivity index (χ0n) is 15.4. The third kappa shape index (κ3) is 4.59. The maximum Gasteiger partial charge on any atom is 0.175 e. The zero-order valence-corrected chi connectivity index (χ0v) is 17.0. The van der Waals surface area contributed by atoms with E-state index in [-0.39, 0.29) is 0 Å². The van der Waals surface area contributed by atoms with Crippen molar-refractivity contribution in [3.05, 3.63) is 70.5 Å². The van der Waals surface area contributed by atoms with Crippen molar-refractivity contribution in [1.29, 1.82) is 0 Å². The van der Waals surface area contributed by atoms with E-state index in [2.05, 4.69) is 15.7 Å². The van der Waals surface area contributed by atoms with Gasteiger partial charge in [0.15, 0.2) is 5.11 Å². The first-order chi connectivity index (χ1) is 13.0. The number of halogens is 1. The summed E-state index contributed by atoms with van der Waals surface area (Å²) in [5, 5.41) is 12.3. The molecule has 2 N–H and O–H groups in total. The van der Waals surface area contributed by atoms with Crippen LogP contribution in [0.4, 0.5) is 11.4 Å². The molecule has 0 atom stereocenters. The maximum atomic E-state index is 6.27. The molecule has 2 aromatic carbocycles. The number of thiocarbonyl (C=S) groups is 1. The molecule has 3 aromatic rings. The van der Waals surface area contributed by atoms with Gasteiger partial charge in [-0.15, -0.1) is 0 Å². The lowest BCUT2D eigenvalue weighted by Gasteiger charge is -2.12. The first kappa shape index (κ1) is 19.2. The van der Waals surface area contributed by atoms with E-state index in [0.29, 0.717) is 11.7 Å². The Kier molecular flexibility index (Phi) is 5.98. The van der Waals surface area contributed by atoms with Crippen LogP contribution in [0.5, 0.6) is 5.75 Å². The number of nitrogens with one attached hydrogen (secondary N) is 2. The molecule has 0 saturated carbocycles. The second-order valence-corrected chi connectivity index (χ2v) is 6.92. The summed E-state index contributed by atoms with van der Waals surface area (Å²) in [6, 6.07) is 15.4. The van der Waals surface area contributed by atoms with Crippen molar-refractivity contribution < 1.29 is 4.74 Å². The van der Waals surface area contributed by atoms with Gasteiger partial charge in [0, 0.05) is 16.8 Å². The van der Waals surface area contributed by atoms with Crippen LogP contribution in [-0.4, -0.2) is 22.0 Å². The molecule has 0 aliphatic heterocycles. The van der Waals surface area contributed by atoms with Crippen molar-refractivity contribution in [3.8, 4) is 5.75 Å². The van der Waals surface area contributed by atoms with E-state index < -0.39 is 0 Å². The summed E-state index contributed by atoms with van der Waals surface area (Å²) in [5.74, 6) is 0.766. The summed E-state index contributed by atoms with van der Waals surface area (Å²) in [6.07, 6.45) is 0. The van der Waals surface area contributed by atoms with Crippen LogP contribution in [0.1, 0.15) is 17.0 Å². The van der Waals surface area contributed by atoms with Gasteiger partial charge in [-0.05, 0) is 49.8 Å². The van der Waals surface area contributed by atoms with Crippen molar-refractivity contribution in [1.82, 2.24) is 9.78 Å². The first-order valence-electron chi connectivity index (χ1n) is 8.47. The molecule has 0 radical (unpaired) electrons. The van der Waals surface area contributed by atoms with Gasteiger partial charge in [-0.3, -0.25) is 4.68 Å². The topological polar surface area (TPSA) is 51.1 Å². The third-order valence-corrected chi connectivity index (χ3v) is 4.80. The van der Waals surface area contributed by atoms with Gasteiger partial charge in [-0.1, -0.05) is 35.9 Å². The van der Waals surface area contributed by atoms with E-state index in [1.54, 1.807) is 7.11 Å². The van der Waals surface area contributed by atoms with Gasteiger partial charge in [0.1, 0.15) is 5.75 Å². The highest BCUT2D eigenvalue weighted by atomic mass is 35.5. The van der Waals surface area contributed by atoms with Gasteiger partial charge in [-0.2, -0.15) is 5.10 Å². The summed E-state index contributed by atoms with van der Waals surface area (Å²) < 4.78 is 7.16. The van der Waals surface area contributed by atoms with Gasteiger partial charge in [0.25, 0.3) is 0 Å². The predicted molar refractivity (Wildman–Crippen MR) is 115 cm³/mol. The Morgan fingerprint density at radius 3 is 2.67 bits per heavy atom. The molecule has 0 saturated heterocycles. The summed E-state index contributed by atoms with van der Waals surface area (Å²) in [5.41, 5.74) is 4.62. The Morgan fingerprint density at radius 1 is 1.15 bits per heavy atom. The second kappa shape index (κ2) is 8.41. The Balaban J connectivity index is 1.74. The second-order valence-electron chi connectivity index (χ2n) is 6.11. The SMILES string of the molecule is COc1cccc(NC(=S)Nc2c(C)nn(Cc3ccccc3Cl)c2C)c1. The lowest BCUT2D eigenvalue weighted by Crippen LogP contribution is -2.20. The van der Waals surface area contributed by atoms with Gasteiger partial charge in [0.05, 0.1) is 30.7 Å². The summed E-state index contributed by atoms with van der Waals surface area (Å²) in [7, 11) is 1.63. The Bertz CT molecular complexity index is 970. The van der Waals surface area contributed by atoms with Crippen LogP contribution in [0.15, 0.2) is 48.5 Å². The average Bonchev–Trinajstić information content (AvgIpc) is 2.91. The van der Waals surface area contributed by atoms with E-state index in [1.165, 1.54) is 0 Å². The number of methoxy groups -OCH3 is 1. The minimum absolute atomic E-state index is 0.492. The highest BCUT2D eigenvalue weighted by Crippen LogP contribution is 2.23. The highest BCUT2D eigenvalue weighted by Gasteiger charge is 2.14. The van der Waals surface area contributed by atoms with Crippen LogP contribution in [0.25, 0.3) is 0 Å². The number of hydrogen-bond donors (Lipinski definition) is 2. The van der Waals surface area contributed by atoms with Crippen molar-refractivity contribution in [3.63, 3.8) is 0 Å². The Labute approximate surface area is 169 Å². The van der Waals surface area contributed by atoms with E-state index in [4.69, 9.17) is 28.6 Å². The fourth-order valence-corrected chi connectivity index (χ4v) is 3.21. The largest absolute Gasteiger partial charge is 0.497 e. The molecule has 0 spiro atoms. The Morgan fingerprint density at radius 2 is 1.93 bits per heavy atom. The number of anilines is 2. The molecular weight excluding hydrogens is 380 g/mol. The molecule has 0 fully saturated rings. The van der Waals surface area contributed by atoms with Gasteiger partial charge >= 0.3 is 0 Å². The van der Waals surface area contributed by atoms with E-state index in [1.807, 2.05) is 67.1 Å². The fraction of sp³-hybridized carbons (Fsp3) is 0.200. The molecule has 0 unspecified atom stereocenters. The summed E-state index contributed by atoms with van der Waals surface area (Å²) >= 11 is 11.7. The molecule has 0 aliphatic rings. The van der Waals surface area contributed by atoms with Crippen LogP contribution < -0.4 is 15.4 Å². The molecular formula is C20H21ClN4OS. The number of ether oxygens (including phenoxy) is 1. The molecule has 140 valence electrons. The smallest absolute Gasteiger partial charge is 0.175 e. The number of nitrogens with zero attached hydrogens (tertiary/aromatic N) is 2. The molecule has 1 aromatic heterocycles. The number of benzene rings is 2. The van der Waals surface area contributed by atoms with E-state index >= 15 is 0 Å². The quantitative estimate of drug-likeness (QED) is 0.589. The van der Waals surface area contributed by atoms with Crippen molar-refractivity contribution in [2.75, 3.05) is 17.7 Å². The first-order valence-corrected chi connectivity index (χ1v) is 9.26. The van der Waals surface area contributed by atoms with Crippen LogP contribution in [-0.2, 0) is 6.54 Å². The average molecular weight is 401 g/mol. The van der Waals surface area contributed by atoms with Gasteiger partial charge in [0.2, 0.25) is 0 Å². The third-order valence-electron chi connectivity index (χ3n) is 4.23. The lowest BCUT2D eigenvalue weighted by molar-refractivity contribution is 0.415. The molecule has 0 amide bonds. The van der Waals surface area contributed by atoms with Crippen LogP contribution >= 0.6 is 23.8 Å². The minimum atomic E-state index is 0.492. The van der Waals surface area contributed by atoms with Crippen molar-refractivity contribution in [2.45, 2.75) is 20.4 Å². The number of rotatable bonds is 5. The molecule has 1 heterocycles. The molecule has 7 heteroatoms. The van der Waals surface area contributed by atoms with Crippen molar-refractivity contribution in [2.24, 2.45) is 0 Å².